The zero-order valence-corrected chi connectivity index (χ0v) is 18.2. The molecule has 3 aromatic heterocycles. The third-order valence-corrected chi connectivity index (χ3v) is 5.53. The molecule has 4 rings (SSSR count). The normalized spacial score (nSPS) is 11.3. The van der Waals surface area contributed by atoms with Crippen molar-refractivity contribution >= 4 is 44.2 Å². The van der Waals surface area contributed by atoms with Crippen LogP contribution in [0.2, 0.25) is 5.02 Å². The second kappa shape index (κ2) is 8.69. The van der Waals surface area contributed by atoms with Gasteiger partial charge in [-0.1, -0.05) is 11.6 Å². The number of carbonyl (C=O) groups excluding carboxylic acids is 1. The van der Waals surface area contributed by atoms with E-state index >= 15 is 0 Å². The molecule has 0 unspecified atom stereocenters. The third kappa shape index (κ3) is 4.64. The Bertz CT molecular complexity index is 1450. The Kier molecular flexibility index (Phi) is 6.35. The molecule has 168 valence electrons. The maximum Gasteiger partial charge on any atom is 0.298 e. The van der Waals surface area contributed by atoms with Crippen LogP contribution in [0.4, 0.5) is 14.5 Å². The number of nitrogens with two attached hydrogens (primary N) is 1. The van der Waals surface area contributed by atoms with E-state index in [-0.39, 0.29) is 21.9 Å². The minimum Gasteiger partial charge on any atom is -0.465 e. The van der Waals surface area contributed by atoms with Gasteiger partial charge in [0, 0.05) is 29.4 Å². The first-order valence-corrected chi connectivity index (χ1v) is 10.7. The van der Waals surface area contributed by atoms with Gasteiger partial charge in [0.15, 0.2) is 5.82 Å². The number of nitrogen functional groups attached to an aromatic ring is 1. The molecule has 0 aliphatic rings. The molecule has 0 radical (unpaired) electrons. The molecule has 4 N–H and O–H groups in total. The van der Waals surface area contributed by atoms with Gasteiger partial charge in [-0.15, -0.1) is 0 Å². The van der Waals surface area contributed by atoms with E-state index in [0.717, 1.165) is 12.1 Å². The molecule has 0 aliphatic carbocycles. The molecule has 0 amide bonds. The maximum absolute atomic E-state index is 13.9. The van der Waals surface area contributed by atoms with E-state index in [1.165, 1.54) is 31.5 Å². The SMILES string of the molecule is Cc1cc(S(=O)(=O)O)c(C)o1.Nc1ccc(F)c(C(=O)c2c[nH]c3ncc(Cl)cc23)c1F. The quantitative estimate of drug-likeness (QED) is 0.222. The molecule has 8 nitrogen and oxygen atoms in total. The van der Waals surface area contributed by atoms with Crippen LogP contribution in [0.5, 0.6) is 0 Å². The van der Waals surface area contributed by atoms with Gasteiger partial charge in [0.1, 0.15) is 27.9 Å². The molecule has 0 spiro atoms. The van der Waals surface area contributed by atoms with Crippen molar-refractivity contribution in [1.29, 1.82) is 0 Å². The van der Waals surface area contributed by atoms with Crippen LogP contribution >= 0.6 is 11.6 Å². The second-order valence-corrected chi connectivity index (χ2v) is 8.49. The Labute approximate surface area is 185 Å². The summed E-state index contributed by atoms with van der Waals surface area (Å²) in [6, 6.07) is 4.79. The number of carbonyl (C=O) groups is 1. The smallest absolute Gasteiger partial charge is 0.298 e. The fourth-order valence-electron chi connectivity index (χ4n) is 2.94. The number of ketones is 1. The van der Waals surface area contributed by atoms with E-state index in [9.17, 15) is 22.0 Å². The number of fused-ring (bicyclic) bond motifs is 1. The number of nitrogens with one attached hydrogen (secondary N) is 1. The van der Waals surface area contributed by atoms with E-state index in [4.69, 9.17) is 26.3 Å². The van der Waals surface area contributed by atoms with Gasteiger partial charge < -0.3 is 15.1 Å². The van der Waals surface area contributed by atoms with Gasteiger partial charge in [-0.05, 0) is 32.0 Å². The molecular weight excluding hydrogens is 468 g/mol. The number of nitrogens with zero attached hydrogens (tertiary/aromatic N) is 1. The highest BCUT2D eigenvalue weighted by Gasteiger charge is 2.23. The van der Waals surface area contributed by atoms with Gasteiger partial charge in [0.2, 0.25) is 5.78 Å². The molecule has 4 aromatic rings. The average Bonchev–Trinajstić information content (AvgIpc) is 3.27. The summed E-state index contributed by atoms with van der Waals surface area (Å²) in [5.41, 5.74) is 4.86. The Hall–Kier alpha value is -3.28. The highest BCUT2D eigenvalue weighted by molar-refractivity contribution is 7.85. The summed E-state index contributed by atoms with van der Waals surface area (Å²) in [6.45, 7) is 3.10. The molecule has 12 heteroatoms. The number of aromatic amines is 1. The first-order valence-electron chi connectivity index (χ1n) is 8.85. The summed E-state index contributed by atoms with van der Waals surface area (Å²) in [4.78, 5) is 19.0. The number of hydrogen-bond donors (Lipinski definition) is 3. The predicted molar refractivity (Wildman–Crippen MR) is 113 cm³/mol. The van der Waals surface area contributed by atoms with Crippen molar-refractivity contribution in [2.45, 2.75) is 18.7 Å². The Balaban J connectivity index is 0.000000222. The lowest BCUT2D eigenvalue weighted by molar-refractivity contribution is 0.103. The van der Waals surface area contributed by atoms with Crippen molar-refractivity contribution < 1.29 is 31.0 Å². The van der Waals surface area contributed by atoms with Gasteiger partial charge in [-0.25, -0.2) is 13.8 Å². The number of hydrogen-bond acceptors (Lipinski definition) is 6. The molecule has 0 atom stereocenters. The molecule has 0 saturated carbocycles. The summed E-state index contributed by atoms with van der Waals surface area (Å²) < 4.78 is 62.4. The minimum absolute atomic E-state index is 0.0726. The van der Waals surface area contributed by atoms with Crippen LogP contribution in [0.25, 0.3) is 11.0 Å². The molecule has 0 fully saturated rings. The first kappa shape index (κ1) is 23.4. The predicted octanol–water partition coefficient (Wildman–Crippen LogP) is 4.45. The Morgan fingerprint density at radius 3 is 2.50 bits per heavy atom. The minimum atomic E-state index is -4.11. The van der Waals surface area contributed by atoms with E-state index in [0.29, 0.717) is 21.8 Å². The number of pyridine rings is 1. The summed E-state index contributed by atoms with van der Waals surface area (Å²) in [6.07, 6.45) is 2.73. The van der Waals surface area contributed by atoms with Crippen LogP contribution in [-0.4, -0.2) is 28.7 Å². The molecule has 32 heavy (non-hydrogen) atoms. The van der Waals surface area contributed by atoms with Gasteiger partial charge in [-0.3, -0.25) is 9.35 Å². The number of benzene rings is 1. The lowest BCUT2D eigenvalue weighted by atomic mass is 10.0. The van der Waals surface area contributed by atoms with Crippen LogP contribution in [0.1, 0.15) is 27.4 Å². The van der Waals surface area contributed by atoms with E-state index in [1.807, 2.05) is 0 Å². The highest BCUT2D eigenvalue weighted by atomic mass is 35.5. The van der Waals surface area contributed by atoms with Gasteiger partial charge in [0.05, 0.1) is 16.3 Å². The lowest BCUT2D eigenvalue weighted by Gasteiger charge is -2.05. The number of anilines is 1. The van der Waals surface area contributed by atoms with E-state index < -0.39 is 33.1 Å². The summed E-state index contributed by atoms with van der Waals surface area (Å²) in [7, 11) is -4.11. The van der Waals surface area contributed by atoms with Crippen LogP contribution in [0, 0.1) is 25.5 Å². The molecule has 0 bridgehead atoms. The van der Waals surface area contributed by atoms with Gasteiger partial charge in [-0.2, -0.15) is 8.42 Å². The lowest BCUT2D eigenvalue weighted by Crippen LogP contribution is -2.09. The van der Waals surface area contributed by atoms with Crippen molar-refractivity contribution in [2.24, 2.45) is 0 Å². The third-order valence-electron chi connectivity index (χ3n) is 4.36. The van der Waals surface area contributed by atoms with Crippen molar-refractivity contribution in [3.05, 3.63) is 76.0 Å². The first-order chi connectivity index (χ1) is 14.9. The van der Waals surface area contributed by atoms with Crippen molar-refractivity contribution in [3.63, 3.8) is 0 Å². The Morgan fingerprint density at radius 2 is 1.94 bits per heavy atom. The highest BCUT2D eigenvalue weighted by Crippen LogP contribution is 2.26. The van der Waals surface area contributed by atoms with E-state index in [1.54, 1.807) is 6.92 Å². The fraction of sp³-hybridized carbons (Fsp3) is 0.100. The standard InChI is InChI=1S/C14H8ClF2N3O.C6H8O4S/c15-6-3-7-8(5-20-14(7)19-4-6)13(21)11-9(16)1-2-10(18)12(11)17;1-4-3-6(5(2)10-4)11(7,8)9/h1-5H,18H2,(H,19,20);3H,1-2H3,(H,7,8,9). The fourth-order valence-corrected chi connectivity index (χ4v) is 3.82. The van der Waals surface area contributed by atoms with Crippen LogP contribution < -0.4 is 5.73 Å². The number of furan rings is 1. The molecular formula is C20H16ClF2N3O5S. The van der Waals surface area contributed by atoms with Crippen LogP contribution in [0.3, 0.4) is 0 Å². The molecule has 1 aromatic carbocycles. The average molecular weight is 484 g/mol. The molecule has 3 heterocycles. The van der Waals surface area contributed by atoms with Crippen LogP contribution in [-0.2, 0) is 10.1 Å². The van der Waals surface area contributed by atoms with E-state index in [2.05, 4.69) is 9.97 Å². The number of halogens is 3. The maximum atomic E-state index is 13.9. The van der Waals surface area contributed by atoms with Gasteiger partial charge >= 0.3 is 0 Å². The summed E-state index contributed by atoms with van der Waals surface area (Å²) in [5, 5.41) is 0.693. The number of aryl methyl sites for hydroxylation is 2. The number of rotatable bonds is 3. The van der Waals surface area contributed by atoms with Crippen LogP contribution in [0.15, 0.2) is 46.0 Å². The Morgan fingerprint density at radius 1 is 1.25 bits per heavy atom. The van der Waals surface area contributed by atoms with Gasteiger partial charge in [0.25, 0.3) is 10.1 Å². The second-order valence-electron chi connectivity index (χ2n) is 6.66. The zero-order chi connectivity index (χ0) is 23.8. The molecule has 0 saturated heterocycles. The van der Waals surface area contributed by atoms with Crippen molar-refractivity contribution in [1.82, 2.24) is 9.97 Å². The number of H-pyrrole nitrogens is 1. The largest absolute Gasteiger partial charge is 0.465 e. The number of aromatic nitrogens is 2. The summed E-state index contributed by atoms with van der Waals surface area (Å²) >= 11 is 5.83. The molecule has 0 aliphatic heterocycles. The summed E-state index contributed by atoms with van der Waals surface area (Å²) in [5.74, 6) is -2.20. The zero-order valence-electron chi connectivity index (χ0n) is 16.6. The monoisotopic (exact) mass is 483 g/mol. The topological polar surface area (TPSA) is 139 Å². The van der Waals surface area contributed by atoms with Crippen molar-refractivity contribution in [2.75, 3.05) is 5.73 Å². The van der Waals surface area contributed by atoms with Crippen molar-refractivity contribution in [3.8, 4) is 0 Å².